The van der Waals surface area contributed by atoms with E-state index in [0.717, 1.165) is 12.0 Å². The average Bonchev–Trinajstić information content (AvgIpc) is 3.06. The van der Waals surface area contributed by atoms with Gasteiger partial charge in [-0.2, -0.15) is 0 Å². The van der Waals surface area contributed by atoms with Crippen LogP contribution in [-0.4, -0.2) is 50.2 Å². The summed E-state index contributed by atoms with van der Waals surface area (Å²) in [5.41, 5.74) is 2.89. The number of amides is 1. The van der Waals surface area contributed by atoms with Crippen LogP contribution in [0.4, 0.5) is 0 Å². The van der Waals surface area contributed by atoms with Gasteiger partial charge in [0.2, 0.25) is 0 Å². The lowest BCUT2D eigenvalue weighted by molar-refractivity contribution is -0.159. The molecule has 9 heteroatoms. The fourth-order valence-electron chi connectivity index (χ4n) is 3.91. The predicted octanol–water partition coefficient (Wildman–Crippen LogP) is 2.02. The van der Waals surface area contributed by atoms with E-state index in [1.54, 1.807) is 30.0 Å². The van der Waals surface area contributed by atoms with Gasteiger partial charge in [-0.25, -0.2) is 8.42 Å². The Labute approximate surface area is 187 Å². The Balaban J connectivity index is 1.25. The smallest absolute Gasteiger partial charge is 0.306 e. The van der Waals surface area contributed by atoms with Gasteiger partial charge in [0.05, 0.1) is 4.90 Å². The minimum Gasteiger partial charge on any atom is -0.453 e. The van der Waals surface area contributed by atoms with Gasteiger partial charge in [-0.05, 0) is 43.0 Å². The average molecular weight is 456 g/mol. The van der Waals surface area contributed by atoms with Crippen LogP contribution in [0.1, 0.15) is 36.5 Å². The van der Waals surface area contributed by atoms with Crippen LogP contribution in [0.2, 0.25) is 0 Å². The molecule has 1 N–H and O–H groups in total. The largest absolute Gasteiger partial charge is 0.453 e. The van der Waals surface area contributed by atoms with E-state index in [-0.39, 0.29) is 29.6 Å². The number of carbonyl (C=O) groups is 2. The first-order chi connectivity index (χ1) is 15.3. The van der Waals surface area contributed by atoms with Crippen LogP contribution >= 0.6 is 0 Å². The molecular formula is C23H25N3O5S. The third-order valence-electron chi connectivity index (χ3n) is 5.57. The van der Waals surface area contributed by atoms with Gasteiger partial charge in [0.25, 0.3) is 15.9 Å². The van der Waals surface area contributed by atoms with Crippen LogP contribution in [0.5, 0.6) is 0 Å². The molecule has 4 rings (SSSR count). The molecule has 2 heterocycles. The van der Waals surface area contributed by atoms with Crippen molar-refractivity contribution in [1.29, 1.82) is 0 Å². The Morgan fingerprint density at radius 2 is 1.84 bits per heavy atom. The molecule has 2 aliphatic rings. The summed E-state index contributed by atoms with van der Waals surface area (Å²) in [6.07, 6.45) is 0.402. The fraction of sp³-hybridized carbons (Fsp3) is 0.348. The van der Waals surface area contributed by atoms with Crippen molar-refractivity contribution in [1.82, 2.24) is 9.62 Å². The van der Waals surface area contributed by atoms with Crippen molar-refractivity contribution >= 4 is 27.7 Å². The van der Waals surface area contributed by atoms with Crippen LogP contribution in [0.15, 0.2) is 58.4 Å². The quantitative estimate of drug-likeness (QED) is 0.530. The molecule has 168 valence electrons. The van der Waals surface area contributed by atoms with E-state index in [1.165, 1.54) is 11.6 Å². The van der Waals surface area contributed by atoms with Crippen molar-refractivity contribution in [3.63, 3.8) is 0 Å². The molecule has 0 aliphatic carbocycles. The summed E-state index contributed by atoms with van der Waals surface area (Å²) >= 11 is 0. The number of amidine groups is 1. The lowest BCUT2D eigenvalue weighted by Crippen LogP contribution is -2.42. The zero-order chi connectivity index (χ0) is 22.7. The summed E-state index contributed by atoms with van der Waals surface area (Å²) in [7, 11) is -3.58. The first-order valence-electron chi connectivity index (χ1n) is 10.6. The molecule has 8 nitrogen and oxygen atoms in total. The molecule has 0 unspecified atom stereocenters. The topological polar surface area (TPSA) is 105 Å². The number of aliphatic imine (C=N–C) groups is 1. The van der Waals surface area contributed by atoms with Gasteiger partial charge in [0, 0.05) is 31.6 Å². The van der Waals surface area contributed by atoms with Gasteiger partial charge in [-0.3, -0.25) is 19.3 Å². The van der Waals surface area contributed by atoms with Crippen LogP contribution in [-0.2, 0) is 37.3 Å². The van der Waals surface area contributed by atoms with Crippen molar-refractivity contribution in [3.8, 4) is 0 Å². The van der Waals surface area contributed by atoms with E-state index in [1.807, 2.05) is 18.2 Å². The highest BCUT2D eigenvalue weighted by atomic mass is 32.2. The zero-order valence-corrected chi connectivity index (χ0v) is 18.6. The molecule has 0 spiro atoms. The molecule has 2 aromatic rings. The standard InChI is InChI=1S/C23H25N3O5S/c1-16(23(28)26-14-12-17-7-2-3-8-18(17)15-26)31-21(27)11-6-13-24-22-19-9-4-5-10-20(19)32(29,30)25-22/h2-5,7-10,16H,6,11-15H2,1H3,(H,24,25)/t16-/m0/s1. The Hall–Kier alpha value is -3.20. The summed E-state index contributed by atoms with van der Waals surface area (Å²) in [5, 5.41) is 0. The fourth-order valence-corrected chi connectivity index (χ4v) is 5.16. The van der Waals surface area contributed by atoms with Crippen molar-refractivity contribution < 1.29 is 22.7 Å². The number of rotatable bonds is 6. The maximum absolute atomic E-state index is 12.7. The van der Waals surface area contributed by atoms with Crippen molar-refractivity contribution in [3.05, 3.63) is 65.2 Å². The number of fused-ring (bicyclic) bond motifs is 2. The lowest BCUT2D eigenvalue weighted by atomic mass is 9.99. The van der Waals surface area contributed by atoms with E-state index in [9.17, 15) is 18.0 Å². The number of sulfonamides is 1. The summed E-state index contributed by atoms with van der Waals surface area (Å²) in [6.45, 7) is 2.97. The Bertz CT molecular complexity index is 1180. The molecule has 2 aromatic carbocycles. The number of hydrogen-bond donors (Lipinski definition) is 1. The van der Waals surface area contributed by atoms with Crippen LogP contribution in [0.3, 0.4) is 0 Å². The molecule has 0 bridgehead atoms. The van der Waals surface area contributed by atoms with Gasteiger partial charge in [-0.15, -0.1) is 0 Å². The molecule has 0 saturated heterocycles. The highest BCUT2D eigenvalue weighted by molar-refractivity contribution is 7.90. The minimum atomic E-state index is -3.58. The highest BCUT2D eigenvalue weighted by Crippen LogP contribution is 2.22. The van der Waals surface area contributed by atoms with Gasteiger partial charge in [0.1, 0.15) is 5.84 Å². The number of nitrogens with one attached hydrogen (secondary N) is 1. The monoisotopic (exact) mass is 455 g/mol. The molecule has 0 fully saturated rings. The molecule has 0 radical (unpaired) electrons. The van der Waals surface area contributed by atoms with Crippen LogP contribution in [0.25, 0.3) is 0 Å². The molecule has 1 amide bonds. The van der Waals surface area contributed by atoms with Crippen molar-refractivity contribution in [2.45, 2.75) is 43.7 Å². The second-order valence-electron chi connectivity index (χ2n) is 7.85. The maximum atomic E-state index is 12.7. The number of esters is 1. The van der Waals surface area contributed by atoms with E-state index in [0.29, 0.717) is 25.1 Å². The van der Waals surface area contributed by atoms with Gasteiger partial charge < -0.3 is 9.64 Å². The van der Waals surface area contributed by atoms with E-state index >= 15 is 0 Å². The Morgan fingerprint density at radius 3 is 2.66 bits per heavy atom. The third-order valence-corrected chi connectivity index (χ3v) is 6.97. The molecule has 32 heavy (non-hydrogen) atoms. The van der Waals surface area contributed by atoms with E-state index in [4.69, 9.17) is 4.74 Å². The second-order valence-corrected chi connectivity index (χ2v) is 9.50. The van der Waals surface area contributed by atoms with Crippen molar-refractivity contribution in [2.75, 3.05) is 13.1 Å². The Morgan fingerprint density at radius 1 is 1.12 bits per heavy atom. The third kappa shape index (κ3) is 4.67. The number of nitrogens with zero attached hydrogens (tertiary/aromatic N) is 2. The summed E-state index contributed by atoms with van der Waals surface area (Å²) in [4.78, 5) is 31.1. The maximum Gasteiger partial charge on any atom is 0.306 e. The second kappa shape index (κ2) is 9.12. The molecule has 0 saturated carbocycles. The Kier molecular flexibility index (Phi) is 6.27. The molecule has 0 aromatic heterocycles. The number of benzene rings is 2. The summed E-state index contributed by atoms with van der Waals surface area (Å²) in [6, 6.07) is 14.6. The van der Waals surface area contributed by atoms with Gasteiger partial charge in [0.15, 0.2) is 6.10 Å². The van der Waals surface area contributed by atoms with Crippen LogP contribution in [0, 0.1) is 0 Å². The molecule has 2 aliphatic heterocycles. The molecule has 1 atom stereocenters. The number of hydrogen-bond acceptors (Lipinski definition) is 6. The SMILES string of the molecule is C[C@H](OC(=O)CCCN=C1NS(=O)(=O)c2ccccc21)C(=O)N1CCc2ccccc2C1. The van der Waals surface area contributed by atoms with E-state index < -0.39 is 22.1 Å². The lowest BCUT2D eigenvalue weighted by Gasteiger charge is -2.30. The molecular weight excluding hydrogens is 430 g/mol. The predicted molar refractivity (Wildman–Crippen MR) is 119 cm³/mol. The minimum absolute atomic E-state index is 0.0889. The number of carbonyl (C=O) groups excluding carboxylic acids is 2. The van der Waals surface area contributed by atoms with Crippen molar-refractivity contribution in [2.24, 2.45) is 4.99 Å². The van der Waals surface area contributed by atoms with Crippen LogP contribution < -0.4 is 4.72 Å². The van der Waals surface area contributed by atoms with Gasteiger partial charge >= 0.3 is 5.97 Å². The normalized spacial score (nSPS) is 18.4. The number of ether oxygens (including phenoxy) is 1. The zero-order valence-electron chi connectivity index (χ0n) is 17.8. The van der Waals surface area contributed by atoms with Gasteiger partial charge in [-0.1, -0.05) is 36.4 Å². The summed E-state index contributed by atoms with van der Waals surface area (Å²) < 4.78 is 31.9. The first-order valence-corrected chi connectivity index (χ1v) is 12.1. The first kappa shape index (κ1) is 22.0. The highest BCUT2D eigenvalue weighted by Gasteiger charge is 2.30. The summed E-state index contributed by atoms with van der Waals surface area (Å²) in [5.74, 6) is -0.399. The van der Waals surface area contributed by atoms with E-state index in [2.05, 4.69) is 15.8 Å².